The number of aryl methyl sites for hydroxylation is 2. The Kier molecular flexibility index (Phi) is 3.17. The standard InChI is InChI=1S/C10H17N3O/c1-6-5-9(8(3)14-6)7(2)13-10(11)12-4/h5,7H,1-4H3,(H3,11,12,13). The molecular formula is C10H17N3O. The second-order valence-electron chi connectivity index (χ2n) is 3.34. The molecule has 0 radical (unpaired) electrons. The lowest BCUT2D eigenvalue weighted by atomic mass is 10.1. The Balaban J connectivity index is 2.79. The fourth-order valence-electron chi connectivity index (χ4n) is 1.44. The SMILES string of the molecule is CN=C(N)NC(C)c1cc(C)oc1C. The summed E-state index contributed by atoms with van der Waals surface area (Å²) in [6, 6.07) is 2.13. The molecule has 0 aromatic carbocycles. The van der Waals surface area contributed by atoms with Crippen LogP contribution in [0.5, 0.6) is 0 Å². The highest BCUT2D eigenvalue weighted by molar-refractivity contribution is 5.78. The molecule has 1 aromatic heterocycles. The van der Waals surface area contributed by atoms with Crippen LogP contribution in [0.15, 0.2) is 15.5 Å². The molecule has 0 spiro atoms. The Morgan fingerprint density at radius 3 is 2.64 bits per heavy atom. The van der Waals surface area contributed by atoms with Gasteiger partial charge >= 0.3 is 0 Å². The summed E-state index contributed by atoms with van der Waals surface area (Å²) in [6.07, 6.45) is 0. The number of rotatable bonds is 2. The Bertz CT molecular complexity index is 341. The predicted octanol–water partition coefficient (Wildman–Crippen LogP) is 1.49. The van der Waals surface area contributed by atoms with Crippen molar-refractivity contribution in [2.45, 2.75) is 26.8 Å². The van der Waals surface area contributed by atoms with Gasteiger partial charge < -0.3 is 15.5 Å². The van der Waals surface area contributed by atoms with E-state index in [2.05, 4.69) is 10.3 Å². The van der Waals surface area contributed by atoms with Crippen LogP contribution in [0.2, 0.25) is 0 Å². The zero-order chi connectivity index (χ0) is 10.7. The second kappa shape index (κ2) is 4.17. The number of guanidine groups is 1. The molecule has 3 N–H and O–H groups in total. The van der Waals surface area contributed by atoms with E-state index in [4.69, 9.17) is 10.2 Å². The van der Waals surface area contributed by atoms with Crippen LogP contribution >= 0.6 is 0 Å². The van der Waals surface area contributed by atoms with Crippen LogP contribution in [0, 0.1) is 13.8 Å². The highest BCUT2D eigenvalue weighted by atomic mass is 16.3. The molecule has 0 aliphatic heterocycles. The molecule has 1 atom stereocenters. The Morgan fingerprint density at radius 1 is 1.57 bits per heavy atom. The van der Waals surface area contributed by atoms with Crippen molar-refractivity contribution in [1.29, 1.82) is 0 Å². The van der Waals surface area contributed by atoms with Gasteiger partial charge in [0, 0.05) is 12.6 Å². The van der Waals surface area contributed by atoms with E-state index in [1.165, 1.54) is 0 Å². The van der Waals surface area contributed by atoms with Gasteiger partial charge in [-0.1, -0.05) is 0 Å². The van der Waals surface area contributed by atoms with Crippen LogP contribution < -0.4 is 11.1 Å². The van der Waals surface area contributed by atoms with E-state index in [9.17, 15) is 0 Å². The van der Waals surface area contributed by atoms with Gasteiger partial charge in [-0.2, -0.15) is 0 Å². The molecule has 4 heteroatoms. The first-order chi connectivity index (χ1) is 6.54. The quantitative estimate of drug-likeness (QED) is 0.555. The molecule has 0 saturated carbocycles. The van der Waals surface area contributed by atoms with Gasteiger partial charge in [-0.15, -0.1) is 0 Å². The number of furan rings is 1. The minimum atomic E-state index is 0.121. The first kappa shape index (κ1) is 10.6. The Hall–Kier alpha value is -1.45. The van der Waals surface area contributed by atoms with Gasteiger partial charge in [0.2, 0.25) is 0 Å². The monoisotopic (exact) mass is 195 g/mol. The highest BCUT2D eigenvalue weighted by Gasteiger charge is 2.12. The normalized spacial score (nSPS) is 14.1. The average molecular weight is 195 g/mol. The molecule has 0 aliphatic carbocycles. The first-order valence-corrected chi connectivity index (χ1v) is 4.60. The lowest BCUT2D eigenvalue weighted by Crippen LogP contribution is -2.33. The smallest absolute Gasteiger partial charge is 0.188 e. The Morgan fingerprint density at radius 2 is 2.21 bits per heavy atom. The molecule has 0 fully saturated rings. The van der Waals surface area contributed by atoms with Crippen LogP contribution in [-0.4, -0.2) is 13.0 Å². The molecule has 0 bridgehead atoms. The van der Waals surface area contributed by atoms with Gasteiger partial charge in [0.05, 0.1) is 6.04 Å². The second-order valence-corrected chi connectivity index (χ2v) is 3.34. The van der Waals surface area contributed by atoms with E-state index < -0.39 is 0 Å². The number of nitrogens with zero attached hydrogens (tertiary/aromatic N) is 1. The highest BCUT2D eigenvalue weighted by Crippen LogP contribution is 2.20. The van der Waals surface area contributed by atoms with Gasteiger partial charge in [-0.05, 0) is 26.8 Å². The Labute approximate surface area is 84.2 Å². The summed E-state index contributed by atoms with van der Waals surface area (Å²) in [5.74, 6) is 2.28. The van der Waals surface area contributed by atoms with Crippen molar-refractivity contribution in [3.8, 4) is 0 Å². The largest absolute Gasteiger partial charge is 0.466 e. The molecular weight excluding hydrogens is 178 g/mol. The van der Waals surface area contributed by atoms with Crippen molar-refractivity contribution >= 4 is 5.96 Å². The fourth-order valence-corrected chi connectivity index (χ4v) is 1.44. The van der Waals surface area contributed by atoms with Crippen molar-refractivity contribution < 1.29 is 4.42 Å². The van der Waals surface area contributed by atoms with E-state index in [1.54, 1.807) is 7.05 Å². The predicted molar refractivity (Wildman–Crippen MR) is 57.3 cm³/mol. The van der Waals surface area contributed by atoms with Crippen LogP contribution in [-0.2, 0) is 0 Å². The number of nitrogens with one attached hydrogen (secondary N) is 1. The van der Waals surface area contributed by atoms with Crippen molar-refractivity contribution in [3.63, 3.8) is 0 Å². The summed E-state index contributed by atoms with van der Waals surface area (Å²) in [7, 11) is 1.66. The molecule has 1 heterocycles. The maximum atomic E-state index is 5.58. The van der Waals surface area contributed by atoms with Gasteiger partial charge in [-0.25, -0.2) is 0 Å². The molecule has 0 amide bonds. The first-order valence-electron chi connectivity index (χ1n) is 4.60. The molecule has 1 rings (SSSR count). The van der Waals surface area contributed by atoms with Gasteiger partial charge in [0.15, 0.2) is 5.96 Å². The van der Waals surface area contributed by atoms with E-state index in [0.717, 1.165) is 17.1 Å². The van der Waals surface area contributed by atoms with Gasteiger partial charge in [0.1, 0.15) is 11.5 Å². The number of aliphatic imine (C=N–C) groups is 1. The van der Waals surface area contributed by atoms with Crippen LogP contribution in [0.25, 0.3) is 0 Å². The lowest BCUT2D eigenvalue weighted by molar-refractivity contribution is 0.497. The van der Waals surface area contributed by atoms with E-state index >= 15 is 0 Å². The van der Waals surface area contributed by atoms with Crippen molar-refractivity contribution in [2.24, 2.45) is 10.7 Å². The van der Waals surface area contributed by atoms with Crippen molar-refractivity contribution in [2.75, 3.05) is 7.05 Å². The fraction of sp³-hybridized carbons (Fsp3) is 0.500. The van der Waals surface area contributed by atoms with Gasteiger partial charge in [-0.3, -0.25) is 4.99 Å². The third-order valence-electron chi connectivity index (χ3n) is 2.15. The van der Waals surface area contributed by atoms with E-state index in [0.29, 0.717) is 5.96 Å². The topological polar surface area (TPSA) is 63.5 Å². The van der Waals surface area contributed by atoms with Crippen molar-refractivity contribution in [3.05, 3.63) is 23.2 Å². The number of hydrogen-bond acceptors (Lipinski definition) is 2. The minimum Gasteiger partial charge on any atom is -0.466 e. The summed E-state index contributed by atoms with van der Waals surface area (Å²) in [4.78, 5) is 3.84. The summed E-state index contributed by atoms with van der Waals surface area (Å²) in [5.41, 5.74) is 6.70. The third-order valence-corrected chi connectivity index (χ3v) is 2.15. The zero-order valence-corrected chi connectivity index (χ0v) is 9.09. The number of nitrogens with two attached hydrogens (primary N) is 1. The molecule has 1 aromatic rings. The molecule has 14 heavy (non-hydrogen) atoms. The minimum absolute atomic E-state index is 0.121. The summed E-state index contributed by atoms with van der Waals surface area (Å²) in [6.45, 7) is 5.90. The van der Waals surface area contributed by atoms with Gasteiger partial charge in [0.25, 0.3) is 0 Å². The van der Waals surface area contributed by atoms with Crippen LogP contribution in [0.1, 0.15) is 30.0 Å². The maximum Gasteiger partial charge on any atom is 0.188 e. The average Bonchev–Trinajstić information content (AvgIpc) is 2.45. The molecule has 0 saturated heterocycles. The summed E-state index contributed by atoms with van der Waals surface area (Å²) >= 11 is 0. The van der Waals surface area contributed by atoms with E-state index in [1.807, 2.05) is 26.8 Å². The summed E-state index contributed by atoms with van der Waals surface area (Å²) < 4.78 is 5.43. The van der Waals surface area contributed by atoms with E-state index in [-0.39, 0.29) is 6.04 Å². The van der Waals surface area contributed by atoms with Crippen molar-refractivity contribution in [1.82, 2.24) is 5.32 Å². The molecule has 78 valence electrons. The molecule has 4 nitrogen and oxygen atoms in total. The zero-order valence-electron chi connectivity index (χ0n) is 9.09. The van der Waals surface area contributed by atoms with Crippen LogP contribution in [0.3, 0.4) is 0 Å². The number of hydrogen-bond donors (Lipinski definition) is 2. The third kappa shape index (κ3) is 2.28. The summed E-state index contributed by atoms with van der Waals surface area (Å²) in [5, 5.41) is 3.07. The molecule has 1 unspecified atom stereocenters. The molecule has 0 aliphatic rings. The van der Waals surface area contributed by atoms with Crippen LogP contribution in [0.4, 0.5) is 0 Å². The lowest BCUT2D eigenvalue weighted by Gasteiger charge is -2.12. The maximum absolute atomic E-state index is 5.58.